The summed E-state index contributed by atoms with van der Waals surface area (Å²) in [5.74, 6) is -0.556. The van der Waals surface area contributed by atoms with E-state index in [0.29, 0.717) is 21.6 Å². The molecule has 0 bridgehead atoms. The number of nitrogens with zero attached hydrogens (tertiary/aromatic N) is 1. The van der Waals surface area contributed by atoms with Gasteiger partial charge in [-0.1, -0.05) is 29.3 Å². The Morgan fingerprint density at radius 2 is 1.83 bits per heavy atom. The molecule has 1 heterocycles. The lowest BCUT2D eigenvalue weighted by Gasteiger charge is -2.09. The van der Waals surface area contributed by atoms with Gasteiger partial charge in [0.25, 0.3) is 0 Å². The summed E-state index contributed by atoms with van der Waals surface area (Å²) < 4.78 is 0. The fourth-order valence-corrected chi connectivity index (χ4v) is 1.83. The second kappa shape index (κ2) is 5.25. The lowest BCUT2D eigenvalue weighted by molar-refractivity contribution is 0.0696. The molecule has 0 unspecified atom stereocenters. The quantitative estimate of drug-likeness (QED) is 0.898. The van der Waals surface area contributed by atoms with Gasteiger partial charge in [-0.3, -0.25) is 0 Å². The topological polar surface area (TPSA) is 62.2 Å². The highest BCUT2D eigenvalue weighted by Gasteiger charge is 2.07. The first kappa shape index (κ1) is 12.7. The van der Waals surface area contributed by atoms with E-state index in [1.807, 2.05) is 0 Å². The van der Waals surface area contributed by atoms with Crippen molar-refractivity contribution in [2.24, 2.45) is 0 Å². The maximum absolute atomic E-state index is 10.7. The van der Waals surface area contributed by atoms with Gasteiger partial charge in [0.15, 0.2) is 0 Å². The van der Waals surface area contributed by atoms with E-state index in [9.17, 15) is 4.79 Å². The Labute approximate surface area is 113 Å². The van der Waals surface area contributed by atoms with E-state index in [2.05, 4.69) is 10.3 Å². The summed E-state index contributed by atoms with van der Waals surface area (Å²) in [6.07, 6.45) is 1.26. The van der Waals surface area contributed by atoms with Gasteiger partial charge < -0.3 is 10.4 Å². The van der Waals surface area contributed by atoms with Crippen LogP contribution in [-0.2, 0) is 0 Å². The number of halogens is 2. The van der Waals surface area contributed by atoms with Gasteiger partial charge in [-0.05, 0) is 24.3 Å². The average molecular weight is 283 g/mol. The summed E-state index contributed by atoms with van der Waals surface area (Å²) in [5, 5.41) is 12.6. The van der Waals surface area contributed by atoms with Gasteiger partial charge >= 0.3 is 5.97 Å². The highest BCUT2D eigenvalue weighted by atomic mass is 35.5. The number of carboxylic acids is 1. The van der Waals surface area contributed by atoms with E-state index in [1.54, 1.807) is 24.3 Å². The third-order valence-corrected chi connectivity index (χ3v) is 2.86. The Morgan fingerprint density at radius 1 is 1.17 bits per heavy atom. The molecule has 18 heavy (non-hydrogen) atoms. The van der Waals surface area contributed by atoms with Crippen LogP contribution < -0.4 is 5.32 Å². The number of hydrogen-bond acceptors (Lipinski definition) is 3. The third-order valence-electron chi connectivity index (χ3n) is 2.23. The molecule has 0 radical (unpaired) electrons. The van der Waals surface area contributed by atoms with Crippen molar-refractivity contribution in [1.29, 1.82) is 0 Å². The van der Waals surface area contributed by atoms with Gasteiger partial charge in [-0.15, -0.1) is 0 Å². The average Bonchev–Trinajstić information content (AvgIpc) is 2.34. The third kappa shape index (κ3) is 2.72. The highest BCUT2D eigenvalue weighted by molar-refractivity contribution is 6.39. The van der Waals surface area contributed by atoms with Crippen LogP contribution >= 0.6 is 23.2 Å². The predicted octanol–water partition coefficient (Wildman–Crippen LogP) is 3.83. The maximum Gasteiger partial charge on any atom is 0.337 e. The molecule has 0 aliphatic heterocycles. The molecule has 1 aromatic heterocycles. The molecule has 4 nitrogen and oxygen atoms in total. The number of nitrogens with one attached hydrogen (secondary N) is 1. The number of benzene rings is 1. The van der Waals surface area contributed by atoms with Crippen LogP contribution in [0.25, 0.3) is 0 Å². The van der Waals surface area contributed by atoms with Crippen LogP contribution in [0.15, 0.2) is 36.5 Å². The fraction of sp³-hybridized carbons (Fsp3) is 0. The number of anilines is 2. The van der Waals surface area contributed by atoms with E-state index >= 15 is 0 Å². The molecule has 6 heteroatoms. The van der Waals surface area contributed by atoms with Crippen molar-refractivity contribution in [2.75, 3.05) is 5.32 Å². The number of hydrogen-bond donors (Lipinski definition) is 2. The summed E-state index contributed by atoms with van der Waals surface area (Å²) in [7, 11) is 0. The summed E-state index contributed by atoms with van der Waals surface area (Å²) in [6.45, 7) is 0. The van der Waals surface area contributed by atoms with E-state index in [4.69, 9.17) is 28.3 Å². The van der Waals surface area contributed by atoms with Gasteiger partial charge in [-0.25, -0.2) is 9.78 Å². The molecule has 2 rings (SSSR count). The van der Waals surface area contributed by atoms with Crippen LogP contribution in [0.4, 0.5) is 11.5 Å². The lowest BCUT2D eigenvalue weighted by Crippen LogP contribution is -1.99. The van der Waals surface area contributed by atoms with Gasteiger partial charge in [0.1, 0.15) is 5.82 Å². The molecule has 0 spiro atoms. The lowest BCUT2D eigenvalue weighted by atomic mass is 10.3. The second-order valence-corrected chi connectivity index (χ2v) is 4.27. The number of rotatable bonds is 3. The molecule has 2 aromatic rings. The zero-order valence-corrected chi connectivity index (χ0v) is 10.5. The Hall–Kier alpha value is -1.78. The van der Waals surface area contributed by atoms with Gasteiger partial charge in [0.2, 0.25) is 0 Å². The minimum Gasteiger partial charge on any atom is -0.478 e. The van der Waals surface area contributed by atoms with Crippen LogP contribution in [0.2, 0.25) is 10.0 Å². The van der Waals surface area contributed by atoms with E-state index < -0.39 is 5.97 Å². The fourth-order valence-electron chi connectivity index (χ4n) is 1.34. The maximum atomic E-state index is 10.7. The predicted molar refractivity (Wildman–Crippen MR) is 70.9 cm³/mol. The second-order valence-electron chi connectivity index (χ2n) is 3.46. The molecular weight excluding hydrogens is 275 g/mol. The van der Waals surface area contributed by atoms with Gasteiger partial charge in [0, 0.05) is 6.20 Å². The van der Waals surface area contributed by atoms with Gasteiger partial charge in [0.05, 0.1) is 21.3 Å². The zero-order valence-electron chi connectivity index (χ0n) is 9.02. The minimum absolute atomic E-state index is 0.116. The molecule has 0 saturated heterocycles. The van der Waals surface area contributed by atoms with Crippen LogP contribution in [0.5, 0.6) is 0 Å². The Bertz CT molecular complexity index is 565. The first-order chi connectivity index (χ1) is 8.58. The molecule has 92 valence electrons. The Balaban J connectivity index is 2.26. The number of aromatic carboxylic acids is 1. The van der Waals surface area contributed by atoms with Crippen molar-refractivity contribution in [2.45, 2.75) is 0 Å². The number of aromatic nitrogens is 1. The van der Waals surface area contributed by atoms with Crippen LogP contribution in [0.3, 0.4) is 0 Å². The summed E-state index contributed by atoms with van der Waals surface area (Å²) in [6, 6.07) is 8.12. The minimum atomic E-state index is -1.02. The van der Waals surface area contributed by atoms with Gasteiger partial charge in [-0.2, -0.15) is 0 Å². The standard InChI is InChI=1S/C12H8Cl2N2O2/c13-8-2-1-3-9(14)11(8)16-10-5-4-7(6-15-10)12(17)18/h1-6H,(H,15,16)(H,17,18). The summed E-state index contributed by atoms with van der Waals surface area (Å²) in [4.78, 5) is 14.6. The molecular formula is C12H8Cl2N2O2. The first-order valence-corrected chi connectivity index (χ1v) is 5.74. The van der Waals surface area contributed by atoms with Crippen molar-refractivity contribution in [3.8, 4) is 0 Å². The smallest absolute Gasteiger partial charge is 0.337 e. The van der Waals surface area contributed by atoms with Crippen LogP contribution in [0.1, 0.15) is 10.4 Å². The number of pyridine rings is 1. The number of para-hydroxylation sites is 1. The first-order valence-electron chi connectivity index (χ1n) is 4.98. The normalized spacial score (nSPS) is 10.1. The van der Waals surface area contributed by atoms with E-state index in [-0.39, 0.29) is 5.56 Å². The summed E-state index contributed by atoms with van der Waals surface area (Å²) in [5.41, 5.74) is 0.655. The van der Waals surface area contributed by atoms with Crippen molar-refractivity contribution in [3.05, 3.63) is 52.1 Å². The number of carboxylic acid groups (broad SMARTS) is 1. The van der Waals surface area contributed by atoms with E-state index in [0.717, 1.165) is 0 Å². The Kier molecular flexibility index (Phi) is 3.69. The highest BCUT2D eigenvalue weighted by Crippen LogP contribution is 2.31. The molecule has 0 saturated carbocycles. The largest absolute Gasteiger partial charge is 0.478 e. The molecule has 1 aromatic carbocycles. The molecule has 0 atom stereocenters. The van der Waals surface area contributed by atoms with Crippen molar-refractivity contribution < 1.29 is 9.90 Å². The Morgan fingerprint density at radius 3 is 2.33 bits per heavy atom. The van der Waals surface area contributed by atoms with Crippen molar-refractivity contribution in [3.63, 3.8) is 0 Å². The molecule has 0 fully saturated rings. The molecule has 0 aliphatic carbocycles. The monoisotopic (exact) mass is 282 g/mol. The van der Waals surface area contributed by atoms with Crippen molar-refractivity contribution >= 4 is 40.7 Å². The molecule has 2 N–H and O–H groups in total. The summed E-state index contributed by atoms with van der Waals surface area (Å²) >= 11 is 12.0. The van der Waals surface area contributed by atoms with E-state index in [1.165, 1.54) is 12.3 Å². The van der Waals surface area contributed by atoms with Crippen LogP contribution in [0, 0.1) is 0 Å². The molecule has 0 aliphatic rings. The number of carbonyl (C=O) groups is 1. The van der Waals surface area contributed by atoms with Crippen molar-refractivity contribution in [1.82, 2.24) is 4.98 Å². The molecule has 0 amide bonds. The zero-order chi connectivity index (χ0) is 13.1. The SMILES string of the molecule is O=C(O)c1ccc(Nc2c(Cl)cccc2Cl)nc1. The van der Waals surface area contributed by atoms with Crippen LogP contribution in [-0.4, -0.2) is 16.1 Å².